The lowest BCUT2D eigenvalue weighted by molar-refractivity contribution is -0.113. The van der Waals surface area contributed by atoms with E-state index in [4.69, 9.17) is 21.1 Å². The Morgan fingerprint density at radius 3 is 2.83 bits per heavy atom. The molecule has 1 N–H and O–H groups in total. The predicted octanol–water partition coefficient (Wildman–Crippen LogP) is 3.93. The van der Waals surface area contributed by atoms with E-state index in [1.165, 1.54) is 30.0 Å². The zero-order chi connectivity index (χ0) is 20.8. The van der Waals surface area contributed by atoms with E-state index in [2.05, 4.69) is 15.5 Å². The first-order valence-electron chi connectivity index (χ1n) is 8.49. The van der Waals surface area contributed by atoms with E-state index in [1.807, 2.05) is 0 Å². The lowest BCUT2D eigenvalue weighted by Gasteiger charge is -2.08. The van der Waals surface area contributed by atoms with Crippen molar-refractivity contribution in [2.24, 2.45) is 7.05 Å². The second-order valence-electron chi connectivity index (χ2n) is 5.89. The van der Waals surface area contributed by atoms with E-state index in [1.54, 1.807) is 43.0 Å². The van der Waals surface area contributed by atoms with Gasteiger partial charge >= 0.3 is 0 Å². The van der Waals surface area contributed by atoms with E-state index < -0.39 is 5.82 Å². The largest absolute Gasteiger partial charge is 0.497 e. The normalized spacial score (nSPS) is 10.6. The number of benzene rings is 2. The standard InChI is InChI=1S/C19H18ClFN4O3S/c1-25-17(10-28-14-6-7-16(21)15(20)9-14)23-24-19(25)29-11-18(26)22-12-4-3-5-13(8-12)27-2/h3-9H,10-11H2,1-2H3,(H,22,26). The molecule has 0 fully saturated rings. The number of ether oxygens (including phenoxy) is 2. The number of hydrogen-bond acceptors (Lipinski definition) is 6. The summed E-state index contributed by atoms with van der Waals surface area (Å²) in [6.45, 7) is 0.127. The Labute approximate surface area is 176 Å². The number of thioether (sulfide) groups is 1. The number of nitrogens with zero attached hydrogens (tertiary/aromatic N) is 3. The summed E-state index contributed by atoms with van der Waals surface area (Å²) in [4.78, 5) is 12.2. The molecule has 3 rings (SSSR count). The highest BCUT2D eigenvalue weighted by molar-refractivity contribution is 7.99. The molecule has 0 aliphatic carbocycles. The maximum Gasteiger partial charge on any atom is 0.234 e. The van der Waals surface area contributed by atoms with Gasteiger partial charge in [-0.05, 0) is 24.3 Å². The van der Waals surface area contributed by atoms with Crippen LogP contribution in [0.2, 0.25) is 5.02 Å². The van der Waals surface area contributed by atoms with Gasteiger partial charge in [-0.15, -0.1) is 10.2 Å². The number of rotatable bonds is 8. The smallest absolute Gasteiger partial charge is 0.234 e. The van der Waals surface area contributed by atoms with Gasteiger partial charge in [-0.3, -0.25) is 4.79 Å². The molecule has 1 aromatic heterocycles. The Morgan fingerprint density at radius 2 is 2.07 bits per heavy atom. The average Bonchev–Trinajstić information content (AvgIpc) is 3.07. The van der Waals surface area contributed by atoms with Crippen LogP contribution in [0.15, 0.2) is 47.6 Å². The van der Waals surface area contributed by atoms with Crippen molar-refractivity contribution in [3.8, 4) is 11.5 Å². The van der Waals surface area contributed by atoms with E-state index in [0.29, 0.717) is 28.2 Å². The molecule has 1 heterocycles. The molecule has 0 atom stereocenters. The molecule has 0 radical (unpaired) electrons. The number of anilines is 1. The van der Waals surface area contributed by atoms with Gasteiger partial charge in [0.25, 0.3) is 0 Å². The van der Waals surface area contributed by atoms with Gasteiger partial charge in [-0.1, -0.05) is 29.4 Å². The molecule has 0 aliphatic heterocycles. The van der Waals surface area contributed by atoms with Crippen LogP contribution in [0.5, 0.6) is 11.5 Å². The van der Waals surface area contributed by atoms with Gasteiger partial charge in [-0.2, -0.15) is 0 Å². The fraction of sp³-hybridized carbons (Fsp3) is 0.211. The summed E-state index contributed by atoms with van der Waals surface area (Å²) < 4.78 is 25.6. The van der Waals surface area contributed by atoms with Gasteiger partial charge < -0.3 is 19.4 Å². The first-order chi connectivity index (χ1) is 14.0. The molecular weight excluding hydrogens is 419 g/mol. The highest BCUT2D eigenvalue weighted by Gasteiger charge is 2.13. The van der Waals surface area contributed by atoms with Gasteiger partial charge in [0, 0.05) is 24.9 Å². The summed E-state index contributed by atoms with van der Waals surface area (Å²) >= 11 is 6.99. The Bertz CT molecular complexity index is 1010. The number of carbonyl (C=O) groups is 1. The van der Waals surface area contributed by atoms with Crippen molar-refractivity contribution < 1.29 is 18.7 Å². The lowest BCUT2D eigenvalue weighted by Crippen LogP contribution is -2.14. The number of aromatic nitrogens is 3. The van der Waals surface area contributed by atoms with Crippen LogP contribution in [0, 0.1) is 5.82 Å². The van der Waals surface area contributed by atoms with Gasteiger partial charge in [-0.25, -0.2) is 4.39 Å². The monoisotopic (exact) mass is 436 g/mol. The van der Waals surface area contributed by atoms with Crippen LogP contribution in [-0.2, 0) is 18.4 Å². The molecule has 0 unspecified atom stereocenters. The van der Waals surface area contributed by atoms with Crippen molar-refractivity contribution in [3.05, 3.63) is 59.1 Å². The number of hydrogen-bond donors (Lipinski definition) is 1. The molecule has 152 valence electrons. The third kappa shape index (κ3) is 5.61. The van der Waals surface area contributed by atoms with E-state index in [-0.39, 0.29) is 23.3 Å². The molecule has 3 aromatic rings. The van der Waals surface area contributed by atoms with Crippen LogP contribution in [0.1, 0.15) is 5.82 Å². The number of halogens is 2. The summed E-state index contributed by atoms with van der Waals surface area (Å²) in [5.74, 6) is 1.12. The first-order valence-corrected chi connectivity index (χ1v) is 9.85. The summed E-state index contributed by atoms with van der Waals surface area (Å²) in [5, 5.41) is 11.5. The topological polar surface area (TPSA) is 78.3 Å². The fourth-order valence-corrected chi connectivity index (χ4v) is 3.24. The first kappa shape index (κ1) is 20.9. The number of nitrogens with one attached hydrogen (secondary N) is 1. The van der Waals surface area contributed by atoms with Crippen molar-refractivity contribution in [1.82, 2.24) is 14.8 Å². The average molecular weight is 437 g/mol. The van der Waals surface area contributed by atoms with Crippen LogP contribution in [0.25, 0.3) is 0 Å². The minimum Gasteiger partial charge on any atom is -0.497 e. The Hall–Kier alpha value is -2.78. The van der Waals surface area contributed by atoms with Gasteiger partial charge in [0.1, 0.15) is 23.9 Å². The molecule has 7 nitrogen and oxygen atoms in total. The summed E-state index contributed by atoms with van der Waals surface area (Å²) in [6.07, 6.45) is 0. The van der Waals surface area contributed by atoms with Gasteiger partial charge in [0.2, 0.25) is 5.91 Å². The second kappa shape index (κ2) is 9.62. The summed E-state index contributed by atoms with van der Waals surface area (Å²) in [7, 11) is 3.34. The molecule has 0 bridgehead atoms. The van der Waals surface area contributed by atoms with Crippen molar-refractivity contribution >= 4 is 35.0 Å². The Kier molecular flexibility index (Phi) is 6.95. The molecule has 2 aromatic carbocycles. The predicted molar refractivity (Wildman–Crippen MR) is 109 cm³/mol. The fourth-order valence-electron chi connectivity index (χ4n) is 2.34. The van der Waals surface area contributed by atoms with Crippen LogP contribution < -0.4 is 14.8 Å². The Morgan fingerprint density at radius 1 is 1.24 bits per heavy atom. The highest BCUT2D eigenvalue weighted by atomic mass is 35.5. The SMILES string of the molecule is COc1cccc(NC(=O)CSc2nnc(COc3ccc(F)c(Cl)c3)n2C)c1. The zero-order valence-electron chi connectivity index (χ0n) is 15.7. The molecule has 0 saturated carbocycles. The minimum atomic E-state index is -0.511. The quantitative estimate of drug-likeness (QED) is 0.539. The van der Waals surface area contributed by atoms with Crippen molar-refractivity contribution in [1.29, 1.82) is 0 Å². The van der Waals surface area contributed by atoms with Gasteiger partial charge in [0.05, 0.1) is 17.9 Å². The maximum absolute atomic E-state index is 13.2. The van der Waals surface area contributed by atoms with Crippen LogP contribution in [-0.4, -0.2) is 33.5 Å². The molecule has 1 amide bonds. The van der Waals surface area contributed by atoms with Crippen molar-refractivity contribution in [2.75, 3.05) is 18.2 Å². The highest BCUT2D eigenvalue weighted by Crippen LogP contribution is 2.23. The zero-order valence-corrected chi connectivity index (χ0v) is 17.3. The van der Waals surface area contributed by atoms with Gasteiger partial charge in [0.15, 0.2) is 11.0 Å². The second-order valence-corrected chi connectivity index (χ2v) is 7.24. The van der Waals surface area contributed by atoms with Crippen molar-refractivity contribution in [3.63, 3.8) is 0 Å². The molecule has 0 aliphatic rings. The lowest BCUT2D eigenvalue weighted by atomic mass is 10.3. The van der Waals surface area contributed by atoms with E-state index in [0.717, 1.165) is 0 Å². The minimum absolute atomic E-state index is 0.0150. The van der Waals surface area contributed by atoms with E-state index in [9.17, 15) is 9.18 Å². The summed E-state index contributed by atoms with van der Waals surface area (Å²) in [5.41, 5.74) is 0.653. The number of carbonyl (C=O) groups excluding carboxylic acids is 1. The van der Waals surface area contributed by atoms with Crippen LogP contribution in [0.4, 0.5) is 10.1 Å². The number of amides is 1. The third-order valence-electron chi connectivity index (χ3n) is 3.87. The van der Waals surface area contributed by atoms with E-state index >= 15 is 0 Å². The Balaban J connectivity index is 1.53. The molecule has 10 heteroatoms. The molecule has 0 spiro atoms. The maximum atomic E-state index is 13.2. The number of methoxy groups -OCH3 is 1. The molecule has 29 heavy (non-hydrogen) atoms. The summed E-state index contributed by atoms with van der Waals surface area (Å²) in [6, 6.07) is 11.2. The van der Waals surface area contributed by atoms with Crippen molar-refractivity contribution in [2.45, 2.75) is 11.8 Å². The third-order valence-corrected chi connectivity index (χ3v) is 5.18. The molecular formula is C19H18ClFN4O3S. The molecule has 0 saturated heterocycles. The van der Waals surface area contributed by atoms with Crippen LogP contribution >= 0.6 is 23.4 Å². The van der Waals surface area contributed by atoms with Crippen LogP contribution in [0.3, 0.4) is 0 Å².